The molecule has 1 aliphatic heterocycles. The second-order valence-electron chi connectivity index (χ2n) is 6.23. The summed E-state index contributed by atoms with van der Waals surface area (Å²) in [5, 5.41) is 6.84. The molecule has 1 aliphatic rings. The predicted molar refractivity (Wildman–Crippen MR) is 93.4 cm³/mol. The first-order valence-electron chi connectivity index (χ1n) is 8.23. The van der Waals surface area contributed by atoms with Crippen molar-refractivity contribution in [2.75, 3.05) is 13.1 Å². The minimum absolute atomic E-state index is 0.0992. The smallest absolute Gasteiger partial charge is 0.269 e. The number of hydrogen-bond acceptors (Lipinski definition) is 4. The Kier molecular flexibility index (Phi) is 4.71. The van der Waals surface area contributed by atoms with Crippen LogP contribution in [-0.2, 0) is 6.42 Å². The lowest BCUT2D eigenvalue weighted by atomic mass is 9.94. The number of likely N-dealkylation sites (tertiary alicyclic amines) is 1. The lowest BCUT2D eigenvalue weighted by Gasteiger charge is -2.32. The number of carbonyl (C=O) groups excluding carboxylic acids is 2. The van der Waals surface area contributed by atoms with E-state index in [2.05, 4.69) is 24.0 Å². The third-order valence-corrected chi connectivity index (χ3v) is 5.92. The number of H-pyrrole nitrogens is 1. The largest absolute Gasteiger partial charge is 0.364 e. The number of aromatic nitrogens is 2. The van der Waals surface area contributed by atoms with Crippen LogP contribution in [0, 0.1) is 6.92 Å². The zero-order valence-corrected chi connectivity index (χ0v) is 14.8. The van der Waals surface area contributed by atoms with Crippen molar-refractivity contribution < 1.29 is 9.59 Å². The summed E-state index contributed by atoms with van der Waals surface area (Å²) in [4.78, 5) is 28.0. The Morgan fingerprint density at radius 3 is 2.88 bits per heavy atom. The number of rotatable bonds is 4. The van der Waals surface area contributed by atoms with Gasteiger partial charge in [0.15, 0.2) is 0 Å². The van der Waals surface area contributed by atoms with Crippen LogP contribution in [0.15, 0.2) is 12.1 Å². The first-order chi connectivity index (χ1) is 11.5. The molecule has 0 unspecified atom stereocenters. The SMILES string of the molecule is CCc1sc(C(=O)N2CCC[C@H](c3cc(C(N)=O)n[nH]3)C2)cc1C. The minimum Gasteiger partial charge on any atom is -0.364 e. The van der Waals surface area contributed by atoms with E-state index in [1.54, 1.807) is 17.4 Å². The minimum atomic E-state index is -0.539. The molecular weight excluding hydrogens is 324 g/mol. The van der Waals surface area contributed by atoms with Gasteiger partial charge in [-0.1, -0.05) is 6.92 Å². The van der Waals surface area contributed by atoms with Gasteiger partial charge in [-0.2, -0.15) is 5.10 Å². The molecule has 7 heteroatoms. The van der Waals surface area contributed by atoms with E-state index in [4.69, 9.17) is 5.73 Å². The highest BCUT2D eigenvalue weighted by atomic mass is 32.1. The molecule has 128 valence electrons. The molecule has 1 saturated heterocycles. The van der Waals surface area contributed by atoms with Gasteiger partial charge < -0.3 is 10.6 Å². The fourth-order valence-electron chi connectivity index (χ4n) is 3.22. The average Bonchev–Trinajstić information content (AvgIpc) is 3.21. The van der Waals surface area contributed by atoms with Gasteiger partial charge in [0.2, 0.25) is 0 Å². The number of piperidine rings is 1. The third kappa shape index (κ3) is 3.21. The van der Waals surface area contributed by atoms with E-state index in [-0.39, 0.29) is 17.5 Å². The zero-order valence-electron chi connectivity index (χ0n) is 14.0. The lowest BCUT2D eigenvalue weighted by Crippen LogP contribution is -2.38. The van der Waals surface area contributed by atoms with Crippen molar-refractivity contribution in [2.45, 2.75) is 39.0 Å². The van der Waals surface area contributed by atoms with E-state index in [9.17, 15) is 9.59 Å². The maximum Gasteiger partial charge on any atom is 0.269 e. The summed E-state index contributed by atoms with van der Waals surface area (Å²) in [7, 11) is 0. The van der Waals surface area contributed by atoms with Crippen LogP contribution in [0.1, 0.15) is 62.0 Å². The molecule has 0 bridgehead atoms. The summed E-state index contributed by atoms with van der Waals surface area (Å²) in [5.41, 5.74) is 7.57. The topological polar surface area (TPSA) is 92.1 Å². The number of amides is 2. The van der Waals surface area contributed by atoms with E-state index in [1.165, 1.54) is 10.4 Å². The second kappa shape index (κ2) is 6.76. The van der Waals surface area contributed by atoms with E-state index < -0.39 is 5.91 Å². The van der Waals surface area contributed by atoms with Crippen LogP contribution in [0.4, 0.5) is 0 Å². The molecule has 24 heavy (non-hydrogen) atoms. The van der Waals surface area contributed by atoms with Gasteiger partial charge in [0.05, 0.1) is 4.88 Å². The van der Waals surface area contributed by atoms with Gasteiger partial charge >= 0.3 is 0 Å². The Balaban J connectivity index is 1.74. The molecule has 0 radical (unpaired) electrons. The molecule has 0 spiro atoms. The molecule has 1 atom stereocenters. The maximum atomic E-state index is 12.8. The number of thiophene rings is 1. The maximum absolute atomic E-state index is 12.8. The van der Waals surface area contributed by atoms with Crippen LogP contribution < -0.4 is 5.73 Å². The van der Waals surface area contributed by atoms with Crippen molar-refractivity contribution in [3.05, 3.63) is 38.8 Å². The molecule has 3 rings (SSSR count). The molecular formula is C17H22N4O2S. The number of carbonyl (C=O) groups is 2. The molecule has 6 nitrogen and oxygen atoms in total. The van der Waals surface area contributed by atoms with Gasteiger partial charge in [0.1, 0.15) is 5.69 Å². The summed E-state index contributed by atoms with van der Waals surface area (Å²) < 4.78 is 0. The third-order valence-electron chi connectivity index (χ3n) is 4.55. The van der Waals surface area contributed by atoms with Crippen LogP contribution >= 0.6 is 11.3 Å². The Morgan fingerprint density at radius 2 is 2.25 bits per heavy atom. The Labute approximate surface area is 145 Å². The molecule has 3 heterocycles. The van der Waals surface area contributed by atoms with Crippen LogP contribution in [0.2, 0.25) is 0 Å². The molecule has 1 fully saturated rings. The van der Waals surface area contributed by atoms with Crippen molar-refractivity contribution in [2.24, 2.45) is 5.73 Å². The van der Waals surface area contributed by atoms with Crippen LogP contribution in [0.3, 0.4) is 0 Å². The highest BCUT2D eigenvalue weighted by Gasteiger charge is 2.28. The van der Waals surface area contributed by atoms with Crippen LogP contribution in [0.25, 0.3) is 0 Å². The highest BCUT2D eigenvalue weighted by Crippen LogP contribution is 2.29. The van der Waals surface area contributed by atoms with Crippen molar-refractivity contribution in [1.82, 2.24) is 15.1 Å². The molecule has 2 aromatic rings. The fraction of sp³-hybridized carbons (Fsp3) is 0.471. The second-order valence-corrected chi connectivity index (χ2v) is 7.37. The average molecular weight is 346 g/mol. The van der Waals surface area contributed by atoms with Crippen molar-refractivity contribution in [1.29, 1.82) is 0 Å². The molecule has 0 aliphatic carbocycles. The fourth-order valence-corrected chi connectivity index (χ4v) is 4.30. The van der Waals surface area contributed by atoms with Gasteiger partial charge in [0.25, 0.3) is 11.8 Å². The molecule has 3 N–H and O–H groups in total. The van der Waals surface area contributed by atoms with E-state index in [1.807, 2.05) is 11.0 Å². The number of primary amides is 1. The summed E-state index contributed by atoms with van der Waals surface area (Å²) >= 11 is 1.59. The molecule has 0 saturated carbocycles. The summed E-state index contributed by atoms with van der Waals surface area (Å²) in [5.74, 6) is -0.278. The molecule has 2 amide bonds. The van der Waals surface area contributed by atoms with Gasteiger partial charge in [-0.15, -0.1) is 11.3 Å². The number of nitrogens with two attached hydrogens (primary N) is 1. The van der Waals surface area contributed by atoms with E-state index in [0.717, 1.165) is 36.4 Å². The Morgan fingerprint density at radius 1 is 1.46 bits per heavy atom. The monoisotopic (exact) mass is 346 g/mol. The van der Waals surface area contributed by atoms with Gasteiger partial charge in [0, 0.05) is 29.6 Å². The Bertz CT molecular complexity index is 764. The highest BCUT2D eigenvalue weighted by molar-refractivity contribution is 7.14. The summed E-state index contributed by atoms with van der Waals surface area (Å²) in [6.07, 6.45) is 2.86. The summed E-state index contributed by atoms with van der Waals surface area (Å²) in [6, 6.07) is 3.70. The van der Waals surface area contributed by atoms with Crippen LogP contribution in [-0.4, -0.2) is 40.0 Å². The van der Waals surface area contributed by atoms with Crippen molar-refractivity contribution in [3.63, 3.8) is 0 Å². The van der Waals surface area contributed by atoms with Crippen molar-refractivity contribution >= 4 is 23.2 Å². The number of aryl methyl sites for hydroxylation is 2. The van der Waals surface area contributed by atoms with E-state index >= 15 is 0 Å². The number of hydrogen-bond donors (Lipinski definition) is 2. The van der Waals surface area contributed by atoms with E-state index in [0.29, 0.717) is 6.54 Å². The van der Waals surface area contributed by atoms with Crippen molar-refractivity contribution in [3.8, 4) is 0 Å². The van der Waals surface area contributed by atoms with Crippen LogP contribution in [0.5, 0.6) is 0 Å². The number of nitrogens with zero attached hydrogens (tertiary/aromatic N) is 2. The number of nitrogens with one attached hydrogen (secondary N) is 1. The first-order valence-corrected chi connectivity index (χ1v) is 9.05. The quantitative estimate of drug-likeness (QED) is 0.891. The molecule has 2 aromatic heterocycles. The standard InChI is InChI=1S/C17H22N4O2S/c1-3-14-10(2)7-15(24-14)17(23)21-6-4-5-11(9-21)12-8-13(16(18)22)20-19-12/h7-8,11H,3-6,9H2,1-2H3,(H2,18,22)(H,19,20)/t11-/m0/s1. The predicted octanol–water partition coefficient (Wildman–Crippen LogP) is 2.46. The zero-order chi connectivity index (χ0) is 17.3. The van der Waals surface area contributed by atoms with Gasteiger partial charge in [-0.05, 0) is 43.9 Å². The number of aromatic amines is 1. The molecule has 0 aromatic carbocycles. The van der Waals surface area contributed by atoms with Gasteiger partial charge in [-0.25, -0.2) is 0 Å². The lowest BCUT2D eigenvalue weighted by molar-refractivity contribution is 0.0710. The first kappa shape index (κ1) is 16.7. The Hall–Kier alpha value is -2.15. The van der Waals surface area contributed by atoms with Gasteiger partial charge in [-0.3, -0.25) is 14.7 Å². The normalized spacial score (nSPS) is 17.9. The summed E-state index contributed by atoms with van der Waals surface area (Å²) in [6.45, 7) is 5.57.